The van der Waals surface area contributed by atoms with Crippen LogP contribution in [-0.2, 0) is 0 Å². The molecule has 0 saturated heterocycles. The molecule has 0 atom stereocenters. The SMILES string of the molecule is C(=C\c1cc2ccccc2[nH]1)/c1nnon1. The summed E-state index contributed by atoms with van der Waals surface area (Å²) in [5.41, 5.74) is 2.10. The van der Waals surface area contributed by atoms with Crippen LogP contribution in [0.4, 0.5) is 0 Å². The Morgan fingerprint density at radius 2 is 2.12 bits per heavy atom. The van der Waals surface area contributed by atoms with Gasteiger partial charge in [-0.25, -0.2) is 4.63 Å². The molecule has 0 saturated carbocycles. The first-order valence-corrected chi connectivity index (χ1v) is 4.83. The highest BCUT2D eigenvalue weighted by molar-refractivity contribution is 5.83. The number of H-pyrrole nitrogens is 1. The zero-order valence-corrected chi connectivity index (χ0v) is 8.29. The van der Waals surface area contributed by atoms with Gasteiger partial charge in [-0.3, -0.25) is 0 Å². The molecule has 0 amide bonds. The van der Waals surface area contributed by atoms with E-state index >= 15 is 0 Å². The zero-order valence-electron chi connectivity index (χ0n) is 8.29. The molecule has 0 aliphatic rings. The van der Waals surface area contributed by atoms with E-state index in [1.165, 1.54) is 5.39 Å². The molecule has 3 aromatic rings. The van der Waals surface area contributed by atoms with E-state index in [0.717, 1.165) is 11.2 Å². The van der Waals surface area contributed by atoms with Gasteiger partial charge in [0.25, 0.3) is 0 Å². The lowest BCUT2D eigenvalue weighted by atomic mass is 10.2. The molecule has 0 radical (unpaired) electrons. The van der Waals surface area contributed by atoms with Crippen molar-refractivity contribution in [2.45, 2.75) is 0 Å². The molecule has 0 unspecified atom stereocenters. The quantitative estimate of drug-likeness (QED) is 0.706. The first-order valence-electron chi connectivity index (χ1n) is 4.83. The maximum atomic E-state index is 4.39. The molecule has 0 spiro atoms. The zero-order chi connectivity index (χ0) is 10.8. The molecule has 1 N–H and O–H groups in total. The molecule has 2 heterocycles. The molecule has 0 fully saturated rings. The van der Waals surface area contributed by atoms with Gasteiger partial charge in [0.05, 0.1) is 5.27 Å². The van der Waals surface area contributed by atoms with Crippen LogP contribution in [-0.4, -0.2) is 20.5 Å². The highest BCUT2D eigenvalue weighted by Crippen LogP contribution is 2.15. The van der Waals surface area contributed by atoms with E-state index < -0.39 is 0 Å². The third-order valence-corrected chi connectivity index (χ3v) is 2.28. The van der Waals surface area contributed by atoms with Crippen LogP contribution < -0.4 is 0 Å². The molecule has 78 valence electrons. The standard InChI is InChI=1S/C11H8N4O/c1-2-4-10-8(3-1)7-9(12-10)5-6-11-13-15-16-14-11/h1-7,12H/b6-5+. The van der Waals surface area contributed by atoms with E-state index in [-0.39, 0.29) is 0 Å². The van der Waals surface area contributed by atoms with Crippen LogP contribution >= 0.6 is 0 Å². The largest absolute Gasteiger partial charge is 0.355 e. The van der Waals surface area contributed by atoms with Crippen molar-refractivity contribution in [1.29, 1.82) is 0 Å². The minimum absolute atomic E-state index is 0.457. The lowest BCUT2D eigenvalue weighted by Crippen LogP contribution is -1.74. The van der Waals surface area contributed by atoms with Gasteiger partial charge in [-0.2, -0.15) is 0 Å². The summed E-state index contributed by atoms with van der Waals surface area (Å²) in [4.78, 5) is 3.26. The van der Waals surface area contributed by atoms with E-state index in [9.17, 15) is 0 Å². The van der Waals surface area contributed by atoms with Gasteiger partial charge in [0.15, 0.2) is 0 Å². The number of para-hydroxylation sites is 1. The van der Waals surface area contributed by atoms with Gasteiger partial charge in [0.2, 0.25) is 5.82 Å². The average molecular weight is 212 g/mol. The van der Waals surface area contributed by atoms with Crippen molar-refractivity contribution in [1.82, 2.24) is 20.5 Å². The van der Waals surface area contributed by atoms with Crippen molar-refractivity contribution in [2.24, 2.45) is 0 Å². The molecular formula is C11H8N4O. The predicted octanol–water partition coefficient (Wildman–Crippen LogP) is 2.12. The average Bonchev–Trinajstić information content (AvgIpc) is 2.95. The fourth-order valence-electron chi connectivity index (χ4n) is 1.55. The molecular weight excluding hydrogens is 204 g/mol. The van der Waals surface area contributed by atoms with Crippen molar-refractivity contribution in [3.8, 4) is 0 Å². The minimum atomic E-state index is 0.457. The summed E-state index contributed by atoms with van der Waals surface area (Å²) >= 11 is 0. The van der Waals surface area contributed by atoms with Crippen molar-refractivity contribution >= 4 is 23.1 Å². The fourth-order valence-corrected chi connectivity index (χ4v) is 1.55. The molecule has 0 aliphatic heterocycles. The number of rotatable bonds is 2. The molecule has 0 bridgehead atoms. The number of benzene rings is 1. The Hall–Kier alpha value is -2.43. The summed E-state index contributed by atoms with van der Waals surface area (Å²) in [7, 11) is 0. The lowest BCUT2D eigenvalue weighted by Gasteiger charge is -1.84. The fraction of sp³-hybridized carbons (Fsp3) is 0. The van der Waals surface area contributed by atoms with E-state index in [1.54, 1.807) is 6.08 Å². The Morgan fingerprint density at radius 1 is 1.19 bits per heavy atom. The third kappa shape index (κ3) is 1.58. The van der Waals surface area contributed by atoms with E-state index in [0.29, 0.717) is 5.82 Å². The van der Waals surface area contributed by atoms with Gasteiger partial charge >= 0.3 is 0 Å². The Morgan fingerprint density at radius 3 is 2.94 bits per heavy atom. The molecule has 2 aromatic heterocycles. The number of aromatic amines is 1. The Balaban J connectivity index is 1.95. The maximum Gasteiger partial charge on any atom is 0.219 e. The third-order valence-electron chi connectivity index (χ3n) is 2.28. The van der Waals surface area contributed by atoms with Gasteiger partial charge < -0.3 is 4.98 Å². The van der Waals surface area contributed by atoms with Gasteiger partial charge in [-0.05, 0) is 34.8 Å². The lowest BCUT2D eigenvalue weighted by molar-refractivity contribution is 0.292. The van der Waals surface area contributed by atoms with E-state index in [4.69, 9.17) is 0 Å². The summed E-state index contributed by atoms with van der Waals surface area (Å²) in [6.07, 6.45) is 3.62. The number of nitrogens with zero attached hydrogens (tertiary/aromatic N) is 3. The normalized spacial score (nSPS) is 11.5. The highest BCUT2D eigenvalue weighted by Gasteiger charge is 1.97. The first-order chi connectivity index (χ1) is 7.92. The number of nitrogens with one attached hydrogen (secondary N) is 1. The monoisotopic (exact) mass is 212 g/mol. The number of fused-ring (bicyclic) bond motifs is 1. The van der Waals surface area contributed by atoms with E-state index in [1.807, 2.05) is 24.3 Å². The van der Waals surface area contributed by atoms with Crippen molar-refractivity contribution in [3.05, 3.63) is 41.9 Å². The maximum absolute atomic E-state index is 4.39. The van der Waals surface area contributed by atoms with Crippen LogP contribution in [0.2, 0.25) is 0 Å². The smallest absolute Gasteiger partial charge is 0.219 e. The Labute approximate surface area is 90.7 Å². The number of hydrogen-bond donors (Lipinski definition) is 1. The second-order valence-corrected chi connectivity index (χ2v) is 3.36. The summed E-state index contributed by atoms with van der Waals surface area (Å²) in [5.74, 6) is 0.457. The second-order valence-electron chi connectivity index (χ2n) is 3.36. The summed E-state index contributed by atoms with van der Waals surface area (Å²) in [6, 6.07) is 10.1. The topological polar surface area (TPSA) is 67.6 Å². The van der Waals surface area contributed by atoms with Crippen molar-refractivity contribution in [3.63, 3.8) is 0 Å². The predicted molar refractivity (Wildman–Crippen MR) is 59.3 cm³/mol. The number of hydrogen-bond acceptors (Lipinski definition) is 4. The number of aromatic nitrogens is 4. The Bertz CT molecular complexity index is 591. The van der Waals surface area contributed by atoms with Crippen molar-refractivity contribution < 1.29 is 4.63 Å². The van der Waals surface area contributed by atoms with Crippen LogP contribution in [0, 0.1) is 0 Å². The second kappa shape index (κ2) is 3.62. The van der Waals surface area contributed by atoms with Gasteiger partial charge in [0, 0.05) is 11.2 Å². The molecule has 0 aliphatic carbocycles. The van der Waals surface area contributed by atoms with Crippen molar-refractivity contribution in [2.75, 3.05) is 0 Å². The molecule has 1 aromatic carbocycles. The van der Waals surface area contributed by atoms with Gasteiger partial charge in [-0.1, -0.05) is 23.3 Å². The van der Waals surface area contributed by atoms with Crippen LogP contribution in [0.5, 0.6) is 0 Å². The Kier molecular flexibility index (Phi) is 2.00. The minimum Gasteiger partial charge on any atom is -0.355 e. The van der Waals surface area contributed by atoms with Gasteiger partial charge in [-0.15, -0.1) is 0 Å². The highest BCUT2D eigenvalue weighted by atomic mass is 16.6. The first kappa shape index (κ1) is 8.84. The van der Waals surface area contributed by atoms with Crippen LogP contribution in [0.15, 0.2) is 35.0 Å². The molecule has 5 nitrogen and oxygen atoms in total. The van der Waals surface area contributed by atoms with Crippen LogP contribution in [0.25, 0.3) is 23.1 Å². The van der Waals surface area contributed by atoms with Crippen LogP contribution in [0.1, 0.15) is 11.5 Å². The summed E-state index contributed by atoms with van der Waals surface area (Å²) < 4.78 is 4.39. The molecule has 3 rings (SSSR count). The molecule has 16 heavy (non-hydrogen) atoms. The van der Waals surface area contributed by atoms with E-state index in [2.05, 4.69) is 37.3 Å². The van der Waals surface area contributed by atoms with Crippen LogP contribution in [0.3, 0.4) is 0 Å². The van der Waals surface area contributed by atoms with Gasteiger partial charge in [0.1, 0.15) is 0 Å². The molecule has 5 heteroatoms. The summed E-state index contributed by atoms with van der Waals surface area (Å²) in [6.45, 7) is 0. The summed E-state index contributed by atoms with van der Waals surface area (Å²) in [5, 5.41) is 11.7.